The first-order valence-electron chi connectivity index (χ1n) is 9.03. The van der Waals surface area contributed by atoms with Gasteiger partial charge in [-0.05, 0) is 30.7 Å². The van der Waals surface area contributed by atoms with Crippen molar-refractivity contribution >= 4 is 27.4 Å². The largest absolute Gasteiger partial charge is 0.492 e. The molecule has 2 saturated heterocycles. The third kappa shape index (κ3) is 5.77. The number of carboxylic acid groups (broad SMARTS) is 1. The molecule has 0 saturated carbocycles. The number of ether oxygens (including phenoxy) is 2. The molecule has 0 aromatic heterocycles. The third-order valence-corrected chi connectivity index (χ3v) is 8.04. The molecule has 2 aliphatic heterocycles. The van der Waals surface area contributed by atoms with Crippen LogP contribution in [0.5, 0.6) is 5.75 Å². The van der Waals surface area contributed by atoms with Gasteiger partial charge in [-0.2, -0.15) is 13.2 Å². The molecule has 1 spiro atoms. The highest BCUT2D eigenvalue weighted by Crippen LogP contribution is 2.44. The van der Waals surface area contributed by atoms with Crippen molar-refractivity contribution in [3.63, 3.8) is 0 Å². The molecule has 1 aromatic rings. The van der Waals surface area contributed by atoms with Crippen molar-refractivity contribution in [2.75, 3.05) is 45.7 Å². The molecule has 1 unspecified atom stereocenters. The van der Waals surface area contributed by atoms with Crippen LogP contribution in [-0.2, 0) is 19.4 Å². The zero-order valence-corrected chi connectivity index (χ0v) is 17.8. The Labute approximate surface area is 177 Å². The summed E-state index contributed by atoms with van der Waals surface area (Å²) >= 11 is 5.83. The van der Waals surface area contributed by atoms with E-state index in [0.29, 0.717) is 37.7 Å². The number of halogens is 4. The molecule has 1 N–H and O–H groups in total. The molecule has 1 aromatic carbocycles. The van der Waals surface area contributed by atoms with E-state index in [1.165, 1.54) is 0 Å². The first-order valence-corrected chi connectivity index (χ1v) is 11.1. The highest BCUT2D eigenvalue weighted by atomic mass is 35.5. The summed E-state index contributed by atoms with van der Waals surface area (Å²) in [6.07, 6.45) is -4.37. The fraction of sp³-hybridized carbons (Fsp3) is 0.611. The van der Waals surface area contributed by atoms with Crippen LogP contribution in [0, 0.1) is 5.92 Å². The summed E-state index contributed by atoms with van der Waals surface area (Å²) < 4.78 is 66.8. The first kappa shape index (κ1) is 24.7. The van der Waals surface area contributed by atoms with E-state index >= 15 is 0 Å². The number of alkyl halides is 3. The van der Waals surface area contributed by atoms with Crippen LogP contribution in [0.3, 0.4) is 0 Å². The number of likely N-dealkylation sites (tertiary alicyclic amines) is 1. The number of carbonyl (C=O) groups is 1. The summed E-state index contributed by atoms with van der Waals surface area (Å²) in [4.78, 5) is 11.0. The monoisotopic (exact) mass is 473 g/mol. The second kappa shape index (κ2) is 9.71. The van der Waals surface area contributed by atoms with Crippen LogP contribution in [0.15, 0.2) is 24.3 Å². The molecule has 0 radical (unpaired) electrons. The lowest BCUT2D eigenvalue weighted by Gasteiger charge is -2.49. The molecule has 30 heavy (non-hydrogen) atoms. The fourth-order valence-electron chi connectivity index (χ4n) is 3.60. The molecule has 2 aliphatic rings. The van der Waals surface area contributed by atoms with Crippen molar-refractivity contribution < 1.29 is 41.0 Å². The predicted molar refractivity (Wildman–Crippen MR) is 104 cm³/mol. The summed E-state index contributed by atoms with van der Waals surface area (Å²) in [7, 11) is -1.38. The number of sulfone groups is 1. The normalized spacial score (nSPS) is 22.1. The van der Waals surface area contributed by atoms with Crippen LogP contribution in [0.4, 0.5) is 13.2 Å². The number of nitrogens with zero attached hydrogens (tertiary/aromatic N) is 1. The third-order valence-electron chi connectivity index (χ3n) is 5.18. The van der Waals surface area contributed by atoms with Gasteiger partial charge in [0.1, 0.15) is 17.1 Å². The summed E-state index contributed by atoms with van der Waals surface area (Å²) in [5.74, 6) is -1.58. The van der Waals surface area contributed by atoms with Gasteiger partial charge < -0.3 is 14.6 Å². The van der Waals surface area contributed by atoms with Crippen molar-refractivity contribution in [3.8, 4) is 5.75 Å². The molecular formula is C18H23ClF3NO6S. The first-order chi connectivity index (χ1) is 13.9. The van der Waals surface area contributed by atoms with E-state index in [-0.39, 0.29) is 11.7 Å². The lowest BCUT2D eigenvalue weighted by atomic mass is 9.84. The van der Waals surface area contributed by atoms with Gasteiger partial charge in [-0.3, -0.25) is 4.90 Å². The molecule has 7 nitrogen and oxygen atoms in total. The van der Waals surface area contributed by atoms with Crippen LogP contribution in [0.25, 0.3) is 0 Å². The predicted octanol–water partition coefficient (Wildman–Crippen LogP) is 2.49. The quantitative estimate of drug-likeness (QED) is 0.678. The van der Waals surface area contributed by atoms with E-state index < -0.39 is 26.7 Å². The Balaban J connectivity index is 0.000000396. The van der Waals surface area contributed by atoms with Gasteiger partial charge in [0.15, 0.2) is 9.84 Å². The van der Waals surface area contributed by atoms with Crippen molar-refractivity contribution in [1.29, 1.82) is 0 Å². The minimum Gasteiger partial charge on any atom is -0.492 e. The number of aliphatic carboxylic acids is 1. The fourth-order valence-corrected chi connectivity index (χ4v) is 6.18. The van der Waals surface area contributed by atoms with Gasteiger partial charge in [0.05, 0.1) is 12.4 Å². The van der Waals surface area contributed by atoms with E-state index in [4.69, 9.17) is 31.0 Å². The molecule has 1 atom stereocenters. The second-order valence-electron chi connectivity index (χ2n) is 7.14. The minimum absolute atomic E-state index is 0.117. The number of carboxylic acids is 1. The minimum atomic E-state index is -5.08. The average Bonchev–Trinajstić information content (AvgIpc) is 2.87. The van der Waals surface area contributed by atoms with E-state index in [0.717, 1.165) is 12.3 Å². The van der Waals surface area contributed by atoms with Crippen LogP contribution in [0.1, 0.15) is 6.42 Å². The number of hydrogen-bond donors (Lipinski definition) is 1. The Morgan fingerprint density at radius 1 is 1.30 bits per heavy atom. The topological polar surface area (TPSA) is 93.1 Å². The lowest BCUT2D eigenvalue weighted by Crippen LogP contribution is -2.67. The number of benzene rings is 1. The Kier molecular flexibility index (Phi) is 8.00. The van der Waals surface area contributed by atoms with Gasteiger partial charge in [-0.15, -0.1) is 0 Å². The van der Waals surface area contributed by atoms with Crippen molar-refractivity contribution in [1.82, 2.24) is 4.90 Å². The number of rotatable bonds is 6. The second-order valence-corrected chi connectivity index (χ2v) is 10.0. The maximum absolute atomic E-state index is 12.4. The van der Waals surface area contributed by atoms with Crippen molar-refractivity contribution in [3.05, 3.63) is 29.3 Å². The zero-order chi connectivity index (χ0) is 22.6. The zero-order valence-electron chi connectivity index (χ0n) is 16.2. The van der Waals surface area contributed by atoms with E-state index in [9.17, 15) is 21.6 Å². The Morgan fingerprint density at radius 3 is 2.37 bits per heavy atom. The molecule has 12 heteroatoms. The van der Waals surface area contributed by atoms with Crippen molar-refractivity contribution in [2.45, 2.75) is 17.3 Å². The lowest BCUT2D eigenvalue weighted by molar-refractivity contribution is -0.192. The van der Waals surface area contributed by atoms with Gasteiger partial charge in [0, 0.05) is 37.7 Å². The Hall–Kier alpha value is -1.56. The van der Waals surface area contributed by atoms with Gasteiger partial charge in [0.2, 0.25) is 0 Å². The van der Waals surface area contributed by atoms with Crippen molar-refractivity contribution in [2.24, 2.45) is 5.92 Å². The van der Waals surface area contributed by atoms with E-state index in [2.05, 4.69) is 4.90 Å². The summed E-state index contributed by atoms with van der Waals surface area (Å²) in [5.41, 5.74) is 0. The summed E-state index contributed by atoms with van der Waals surface area (Å²) in [6.45, 7) is 2.96. The van der Waals surface area contributed by atoms with Gasteiger partial charge >= 0.3 is 12.1 Å². The van der Waals surface area contributed by atoms with Gasteiger partial charge in [-0.1, -0.05) is 11.6 Å². The summed E-state index contributed by atoms with van der Waals surface area (Å²) in [6, 6.07) is 7.23. The average molecular weight is 474 g/mol. The molecule has 0 bridgehead atoms. The maximum atomic E-state index is 12.4. The molecule has 2 fully saturated rings. The van der Waals surface area contributed by atoms with E-state index in [1.807, 2.05) is 12.1 Å². The Bertz CT molecular complexity index is 825. The standard InChI is InChI=1S/C16H22ClNO4S.C2HF3O2/c1-21-10-13-6-9-23(19,20)16(13)11-18(12-16)7-8-22-15-4-2-14(17)3-5-15;3-2(4,5)1(6)7/h2-5,13H,6-12H2,1H3;(H,6,7). The molecule has 170 valence electrons. The highest BCUT2D eigenvalue weighted by Gasteiger charge is 2.61. The maximum Gasteiger partial charge on any atom is 0.490 e. The Morgan fingerprint density at radius 2 is 1.87 bits per heavy atom. The number of methoxy groups -OCH3 is 1. The molecule has 0 amide bonds. The highest BCUT2D eigenvalue weighted by molar-refractivity contribution is 7.93. The molecular weight excluding hydrogens is 451 g/mol. The SMILES string of the molecule is COCC1CCS(=O)(=O)C12CN(CCOc1ccc(Cl)cc1)C2.O=C(O)C(F)(F)F. The summed E-state index contributed by atoms with van der Waals surface area (Å²) in [5, 5.41) is 7.80. The van der Waals surface area contributed by atoms with Crippen LogP contribution in [-0.4, -0.2) is 81.0 Å². The van der Waals surface area contributed by atoms with Crippen LogP contribution < -0.4 is 4.74 Å². The van der Waals surface area contributed by atoms with Crippen LogP contribution in [0.2, 0.25) is 5.02 Å². The van der Waals surface area contributed by atoms with Gasteiger partial charge in [0.25, 0.3) is 0 Å². The smallest absolute Gasteiger partial charge is 0.490 e. The molecule has 2 heterocycles. The van der Waals surface area contributed by atoms with E-state index in [1.54, 1.807) is 19.2 Å². The van der Waals surface area contributed by atoms with Crippen LogP contribution >= 0.6 is 11.6 Å². The molecule has 3 rings (SSSR count). The van der Waals surface area contributed by atoms with Gasteiger partial charge in [-0.25, -0.2) is 13.2 Å². The number of hydrogen-bond acceptors (Lipinski definition) is 6. The molecule has 0 aliphatic carbocycles.